The summed E-state index contributed by atoms with van der Waals surface area (Å²) >= 11 is 0. The topological polar surface area (TPSA) is 64.2 Å². The zero-order chi connectivity index (χ0) is 18.8. The molecule has 1 aliphatic heterocycles. The van der Waals surface area contributed by atoms with Crippen LogP contribution in [0.3, 0.4) is 0 Å². The normalized spacial score (nSPS) is 15.5. The Hall–Kier alpha value is -2.34. The zero-order valence-electron chi connectivity index (χ0n) is 16.0. The molecule has 0 saturated carbocycles. The monoisotopic (exact) mass is 359 g/mol. The lowest BCUT2D eigenvalue weighted by Crippen LogP contribution is -3.13. The number of rotatable bonds is 3. The van der Waals surface area contributed by atoms with Crippen molar-refractivity contribution in [3.05, 3.63) is 44.8 Å². The number of quaternary nitrogens is 1. The molecule has 1 aromatic carbocycles. The van der Waals surface area contributed by atoms with Gasteiger partial charge in [0.15, 0.2) is 0 Å². The molecule has 1 aliphatic rings. The second-order valence-corrected chi connectivity index (χ2v) is 7.04. The number of hydrogen-bond acceptors (Lipinski definition) is 4. The Bertz CT molecular complexity index is 879. The summed E-state index contributed by atoms with van der Waals surface area (Å²) < 4.78 is 10.6. The lowest BCUT2D eigenvalue weighted by Gasteiger charge is -2.31. The Labute approximate surface area is 153 Å². The molecule has 0 atom stereocenters. The van der Waals surface area contributed by atoms with Gasteiger partial charge in [-0.15, -0.1) is 0 Å². The third-order valence-corrected chi connectivity index (χ3v) is 5.24. The minimum absolute atomic E-state index is 0.237. The molecule has 0 aliphatic carbocycles. The SMILES string of the molecule is CCOC(=O)N1CC[NH+](Cc2cc(=O)oc3c(C)c(C)cc(C)c23)CC1. The first kappa shape index (κ1) is 18.5. The fraction of sp³-hybridized carbons (Fsp3) is 0.500. The number of carbonyl (C=O) groups excluding carboxylic acids is 1. The summed E-state index contributed by atoms with van der Waals surface area (Å²) in [6, 6.07) is 3.77. The van der Waals surface area contributed by atoms with Crippen molar-refractivity contribution in [3.8, 4) is 0 Å². The molecule has 26 heavy (non-hydrogen) atoms. The van der Waals surface area contributed by atoms with E-state index in [9.17, 15) is 9.59 Å². The molecule has 3 rings (SSSR count). The minimum atomic E-state index is -0.301. The maximum atomic E-state index is 12.1. The maximum Gasteiger partial charge on any atom is 0.410 e. The predicted octanol–water partition coefficient (Wildman–Crippen LogP) is 1.58. The highest BCUT2D eigenvalue weighted by Gasteiger charge is 2.25. The third-order valence-electron chi connectivity index (χ3n) is 5.24. The molecule has 2 aromatic rings. The molecule has 2 heterocycles. The van der Waals surface area contributed by atoms with Gasteiger partial charge < -0.3 is 14.1 Å². The van der Waals surface area contributed by atoms with Crippen LogP contribution in [0, 0.1) is 20.8 Å². The van der Waals surface area contributed by atoms with Gasteiger partial charge >= 0.3 is 11.7 Å². The first-order chi connectivity index (χ1) is 12.4. The number of hydrogen-bond donors (Lipinski definition) is 1. The Morgan fingerprint density at radius 3 is 2.54 bits per heavy atom. The molecule has 6 heteroatoms. The van der Waals surface area contributed by atoms with Crippen LogP contribution in [0.5, 0.6) is 0 Å². The van der Waals surface area contributed by atoms with Crippen LogP contribution in [0.4, 0.5) is 4.79 Å². The molecule has 1 saturated heterocycles. The van der Waals surface area contributed by atoms with Gasteiger partial charge in [0.2, 0.25) is 0 Å². The molecule has 1 aromatic heterocycles. The van der Waals surface area contributed by atoms with Crippen LogP contribution in [-0.4, -0.2) is 43.8 Å². The third kappa shape index (κ3) is 3.60. The molecule has 1 fully saturated rings. The molecular weight excluding hydrogens is 332 g/mol. The maximum absolute atomic E-state index is 12.1. The van der Waals surface area contributed by atoms with Crippen LogP contribution >= 0.6 is 0 Å². The van der Waals surface area contributed by atoms with E-state index in [-0.39, 0.29) is 11.7 Å². The van der Waals surface area contributed by atoms with Gasteiger partial charge in [-0.2, -0.15) is 0 Å². The summed E-state index contributed by atoms with van der Waals surface area (Å²) in [6.45, 7) is 12.1. The molecule has 0 unspecified atom stereocenters. The van der Waals surface area contributed by atoms with Crippen LogP contribution in [0.15, 0.2) is 21.3 Å². The summed E-state index contributed by atoms with van der Waals surface area (Å²) in [5.41, 5.74) is 4.71. The van der Waals surface area contributed by atoms with E-state index in [1.54, 1.807) is 11.0 Å². The number of aryl methyl sites for hydroxylation is 3. The number of nitrogens with zero attached hydrogens (tertiary/aromatic N) is 1. The van der Waals surface area contributed by atoms with E-state index in [1.165, 1.54) is 4.90 Å². The van der Waals surface area contributed by atoms with Crippen LogP contribution in [0.1, 0.15) is 29.2 Å². The van der Waals surface area contributed by atoms with Crippen LogP contribution in [0.2, 0.25) is 0 Å². The van der Waals surface area contributed by atoms with Crippen molar-refractivity contribution in [1.82, 2.24) is 4.90 Å². The Morgan fingerprint density at radius 1 is 1.19 bits per heavy atom. The van der Waals surface area contributed by atoms with E-state index in [0.717, 1.165) is 47.3 Å². The second-order valence-electron chi connectivity index (χ2n) is 7.04. The van der Waals surface area contributed by atoms with Gasteiger partial charge in [-0.1, -0.05) is 6.07 Å². The fourth-order valence-corrected chi connectivity index (χ4v) is 3.73. The Morgan fingerprint density at radius 2 is 1.88 bits per heavy atom. The molecular formula is C20H27N2O4+. The molecule has 0 spiro atoms. The first-order valence-corrected chi connectivity index (χ1v) is 9.19. The minimum Gasteiger partial charge on any atom is -0.450 e. The Kier molecular flexibility index (Phi) is 5.32. The van der Waals surface area contributed by atoms with Gasteiger partial charge in [-0.05, 0) is 44.4 Å². The van der Waals surface area contributed by atoms with Gasteiger partial charge in [0.05, 0.1) is 32.8 Å². The van der Waals surface area contributed by atoms with Crippen molar-refractivity contribution < 1.29 is 18.8 Å². The summed E-state index contributed by atoms with van der Waals surface area (Å²) in [5.74, 6) is 0. The van der Waals surface area contributed by atoms with E-state index >= 15 is 0 Å². The number of nitrogens with one attached hydrogen (secondary N) is 1. The van der Waals surface area contributed by atoms with Crippen molar-refractivity contribution >= 4 is 17.1 Å². The summed E-state index contributed by atoms with van der Waals surface area (Å²) in [7, 11) is 0. The van der Waals surface area contributed by atoms with Gasteiger partial charge in [0.25, 0.3) is 0 Å². The lowest BCUT2D eigenvalue weighted by molar-refractivity contribution is -0.917. The second kappa shape index (κ2) is 7.50. The van der Waals surface area contributed by atoms with Crippen LogP contribution in [0.25, 0.3) is 11.0 Å². The molecule has 140 valence electrons. The summed E-state index contributed by atoms with van der Waals surface area (Å²) in [6.07, 6.45) is -0.237. The lowest BCUT2D eigenvalue weighted by atomic mass is 9.98. The largest absolute Gasteiger partial charge is 0.450 e. The first-order valence-electron chi connectivity index (χ1n) is 9.19. The molecule has 0 radical (unpaired) electrons. The number of fused-ring (bicyclic) bond motifs is 1. The van der Waals surface area contributed by atoms with E-state index in [1.807, 2.05) is 20.8 Å². The van der Waals surface area contributed by atoms with E-state index in [2.05, 4.69) is 13.0 Å². The average molecular weight is 359 g/mol. The molecule has 6 nitrogen and oxygen atoms in total. The van der Waals surface area contributed by atoms with Gasteiger partial charge in [-0.25, -0.2) is 9.59 Å². The highest BCUT2D eigenvalue weighted by Crippen LogP contribution is 2.26. The summed E-state index contributed by atoms with van der Waals surface area (Å²) in [5, 5.41) is 1.05. The summed E-state index contributed by atoms with van der Waals surface area (Å²) in [4.78, 5) is 27.0. The van der Waals surface area contributed by atoms with Gasteiger partial charge in [-0.3, -0.25) is 4.90 Å². The van der Waals surface area contributed by atoms with E-state index in [0.29, 0.717) is 25.3 Å². The molecule has 1 amide bonds. The number of carbonyl (C=O) groups is 1. The average Bonchev–Trinajstić information content (AvgIpc) is 2.60. The fourth-order valence-electron chi connectivity index (χ4n) is 3.73. The van der Waals surface area contributed by atoms with Crippen molar-refractivity contribution in [2.24, 2.45) is 0 Å². The standard InChI is InChI=1S/C20H26N2O4/c1-5-25-20(24)22-8-6-21(7-9-22)12-16-11-17(23)26-19-15(4)13(2)10-14(3)18(16)19/h10-11H,5-9,12H2,1-4H3/p+1. The highest BCUT2D eigenvalue weighted by molar-refractivity contribution is 5.87. The zero-order valence-corrected chi connectivity index (χ0v) is 16.0. The number of piperazine rings is 1. The van der Waals surface area contributed by atoms with Crippen LogP contribution in [-0.2, 0) is 11.3 Å². The van der Waals surface area contributed by atoms with Crippen LogP contribution < -0.4 is 10.5 Å². The van der Waals surface area contributed by atoms with Crippen molar-refractivity contribution in [2.45, 2.75) is 34.2 Å². The number of ether oxygens (including phenoxy) is 1. The predicted molar refractivity (Wildman–Crippen MR) is 99.7 cm³/mol. The van der Waals surface area contributed by atoms with Crippen molar-refractivity contribution in [3.63, 3.8) is 0 Å². The van der Waals surface area contributed by atoms with Crippen molar-refractivity contribution in [2.75, 3.05) is 32.8 Å². The highest BCUT2D eigenvalue weighted by atomic mass is 16.6. The molecule has 1 N–H and O–H groups in total. The van der Waals surface area contributed by atoms with Gasteiger partial charge in [0, 0.05) is 17.0 Å². The Balaban J connectivity index is 1.83. The van der Waals surface area contributed by atoms with E-state index in [4.69, 9.17) is 9.15 Å². The molecule has 0 bridgehead atoms. The van der Waals surface area contributed by atoms with Gasteiger partial charge in [0.1, 0.15) is 12.1 Å². The number of benzene rings is 1. The van der Waals surface area contributed by atoms with E-state index < -0.39 is 0 Å². The quantitative estimate of drug-likeness (QED) is 0.845. The smallest absolute Gasteiger partial charge is 0.410 e. The number of amides is 1. The van der Waals surface area contributed by atoms with Crippen molar-refractivity contribution in [1.29, 1.82) is 0 Å².